The molecule has 0 spiro atoms. The van der Waals surface area contributed by atoms with Gasteiger partial charge in [0.25, 0.3) is 0 Å². The molecule has 0 amide bonds. The summed E-state index contributed by atoms with van der Waals surface area (Å²) in [5.74, 6) is 1.58. The Morgan fingerprint density at radius 1 is 1.18 bits per heavy atom. The lowest BCUT2D eigenvalue weighted by Gasteiger charge is -2.26. The van der Waals surface area contributed by atoms with Crippen LogP contribution in [0, 0.1) is 6.92 Å². The van der Waals surface area contributed by atoms with Crippen molar-refractivity contribution < 1.29 is 9.47 Å². The van der Waals surface area contributed by atoms with E-state index in [1.54, 1.807) is 25.6 Å². The summed E-state index contributed by atoms with van der Waals surface area (Å²) >= 11 is 1.75. The van der Waals surface area contributed by atoms with Gasteiger partial charge < -0.3 is 19.7 Å². The largest absolute Gasteiger partial charge is 0.497 e. The maximum absolute atomic E-state index is 5.51. The van der Waals surface area contributed by atoms with Crippen molar-refractivity contribution in [2.24, 2.45) is 0 Å². The molecule has 2 heterocycles. The molecule has 1 aliphatic rings. The maximum atomic E-state index is 5.51. The SMILES string of the molecule is COc1ccc(-c2nc(N3CCNCC3)sc2C)c(OC)c1. The molecule has 3 rings (SSSR count). The number of anilines is 1. The number of thiazole rings is 1. The fourth-order valence-electron chi connectivity index (χ4n) is 2.62. The number of hydrogen-bond acceptors (Lipinski definition) is 6. The smallest absolute Gasteiger partial charge is 0.186 e. The Kier molecular flexibility index (Phi) is 4.49. The number of nitrogens with one attached hydrogen (secondary N) is 1. The molecular formula is C16H21N3O2S. The van der Waals surface area contributed by atoms with Crippen LogP contribution >= 0.6 is 11.3 Å². The molecule has 22 heavy (non-hydrogen) atoms. The molecule has 0 bridgehead atoms. The van der Waals surface area contributed by atoms with E-state index in [-0.39, 0.29) is 0 Å². The Bertz CT molecular complexity index is 651. The number of rotatable bonds is 4. The van der Waals surface area contributed by atoms with E-state index < -0.39 is 0 Å². The summed E-state index contributed by atoms with van der Waals surface area (Å²) in [6, 6.07) is 5.86. The first kappa shape index (κ1) is 15.1. The van der Waals surface area contributed by atoms with Gasteiger partial charge in [-0.2, -0.15) is 0 Å². The molecule has 1 aliphatic heterocycles. The number of methoxy groups -OCH3 is 2. The van der Waals surface area contributed by atoms with E-state index in [1.165, 1.54) is 4.88 Å². The Morgan fingerprint density at radius 3 is 2.64 bits per heavy atom. The Hall–Kier alpha value is -1.79. The van der Waals surface area contributed by atoms with Gasteiger partial charge in [0.05, 0.1) is 19.9 Å². The van der Waals surface area contributed by atoms with Crippen LogP contribution in [0.2, 0.25) is 0 Å². The van der Waals surface area contributed by atoms with Gasteiger partial charge in [0.15, 0.2) is 5.13 Å². The fourth-order valence-corrected chi connectivity index (χ4v) is 3.59. The van der Waals surface area contributed by atoms with Gasteiger partial charge in [-0.25, -0.2) is 4.98 Å². The molecule has 0 unspecified atom stereocenters. The molecule has 1 saturated heterocycles. The number of piperazine rings is 1. The molecule has 1 fully saturated rings. The van der Waals surface area contributed by atoms with Crippen LogP contribution in [0.15, 0.2) is 18.2 Å². The van der Waals surface area contributed by atoms with E-state index in [9.17, 15) is 0 Å². The van der Waals surface area contributed by atoms with Gasteiger partial charge in [0, 0.05) is 42.7 Å². The summed E-state index contributed by atoms with van der Waals surface area (Å²) in [5.41, 5.74) is 2.01. The monoisotopic (exact) mass is 319 g/mol. The zero-order chi connectivity index (χ0) is 15.5. The van der Waals surface area contributed by atoms with Gasteiger partial charge in [-0.3, -0.25) is 0 Å². The van der Waals surface area contributed by atoms with Crippen molar-refractivity contribution >= 4 is 16.5 Å². The van der Waals surface area contributed by atoms with Crippen LogP contribution in [0.25, 0.3) is 11.3 Å². The third kappa shape index (κ3) is 2.89. The maximum Gasteiger partial charge on any atom is 0.186 e. The first-order chi connectivity index (χ1) is 10.7. The summed E-state index contributed by atoms with van der Waals surface area (Å²) < 4.78 is 10.8. The van der Waals surface area contributed by atoms with Crippen molar-refractivity contribution in [2.75, 3.05) is 45.3 Å². The van der Waals surface area contributed by atoms with Gasteiger partial charge in [-0.1, -0.05) is 0 Å². The average Bonchev–Trinajstić information content (AvgIpc) is 2.96. The number of hydrogen-bond donors (Lipinski definition) is 1. The molecule has 0 saturated carbocycles. The van der Waals surface area contributed by atoms with Crippen molar-refractivity contribution in [3.05, 3.63) is 23.1 Å². The Balaban J connectivity index is 1.96. The van der Waals surface area contributed by atoms with Crippen molar-refractivity contribution in [3.63, 3.8) is 0 Å². The minimum Gasteiger partial charge on any atom is -0.497 e. The van der Waals surface area contributed by atoms with Gasteiger partial charge >= 0.3 is 0 Å². The fraction of sp³-hybridized carbons (Fsp3) is 0.438. The third-order valence-corrected chi connectivity index (χ3v) is 4.87. The molecule has 0 atom stereocenters. The van der Waals surface area contributed by atoms with Gasteiger partial charge in [0.1, 0.15) is 11.5 Å². The van der Waals surface area contributed by atoms with Gasteiger partial charge in [0.2, 0.25) is 0 Å². The number of aryl methyl sites for hydroxylation is 1. The molecule has 1 aromatic heterocycles. The van der Waals surface area contributed by atoms with Crippen LogP contribution in [0.5, 0.6) is 11.5 Å². The summed E-state index contributed by atoms with van der Waals surface area (Å²) in [6.07, 6.45) is 0. The van der Waals surface area contributed by atoms with E-state index in [0.717, 1.165) is 54.1 Å². The minimum atomic E-state index is 0.788. The highest BCUT2D eigenvalue weighted by atomic mass is 32.1. The van der Waals surface area contributed by atoms with Crippen LogP contribution < -0.4 is 19.7 Å². The molecule has 1 aromatic carbocycles. The van der Waals surface area contributed by atoms with E-state index >= 15 is 0 Å². The lowest BCUT2D eigenvalue weighted by molar-refractivity contribution is 0.395. The molecule has 1 N–H and O–H groups in total. The summed E-state index contributed by atoms with van der Waals surface area (Å²) in [4.78, 5) is 8.41. The van der Waals surface area contributed by atoms with Crippen molar-refractivity contribution in [1.82, 2.24) is 10.3 Å². The molecule has 5 nitrogen and oxygen atoms in total. The summed E-state index contributed by atoms with van der Waals surface area (Å²) in [5, 5.41) is 4.46. The summed E-state index contributed by atoms with van der Waals surface area (Å²) in [6.45, 7) is 6.15. The predicted molar refractivity (Wildman–Crippen MR) is 90.5 cm³/mol. The normalized spacial score (nSPS) is 15.0. The predicted octanol–water partition coefficient (Wildman–Crippen LogP) is 2.55. The van der Waals surface area contributed by atoms with E-state index in [0.29, 0.717) is 0 Å². The van der Waals surface area contributed by atoms with E-state index in [1.807, 2.05) is 18.2 Å². The van der Waals surface area contributed by atoms with Crippen molar-refractivity contribution in [3.8, 4) is 22.8 Å². The number of benzene rings is 1. The highest BCUT2D eigenvalue weighted by Crippen LogP contribution is 2.38. The first-order valence-corrected chi connectivity index (χ1v) is 8.20. The van der Waals surface area contributed by atoms with Crippen molar-refractivity contribution in [1.29, 1.82) is 0 Å². The van der Waals surface area contributed by atoms with Crippen LogP contribution in [0.1, 0.15) is 4.88 Å². The molecular weight excluding hydrogens is 298 g/mol. The second kappa shape index (κ2) is 6.54. The third-order valence-electron chi connectivity index (χ3n) is 3.84. The molecule has 0 aliphatic carbocycles. The standard InChI is InChI=1S/C16H21N3O2S/c1-11-15(13-5-4-12(20-2)10-14(13)21-3)18-16(22-11)19-8-6-17-7-9-19/h4-5,10,17H,6-9H2,1-3H3. The van der Waals surface area contributed by atoms with Gasteiger partial charge in [-0.05, 0) is 19.1 Å². The van der Waals surface area contributed by atoms with E-state index in [2.05, 4.69) is 17.1 Å². The topological polar surface area (TPSA) is 46.6 Å². The van der Waals surface area contributed by atoms with Gasteiger partial charge in [-0.15, -0.1) is 11.3 Å². The highest BCUT2D eigenvalue weighted by molar-refractivity contribution is 7.16. The van der Waals surface area contributed by atoms with Crippen LogP contribution in [0.3, 0.4) is 0 Å². The molecule has 118 valence electrons. The van der Waals surface area contributed by atoms with Crippen molar-refractivity contribution in [2.45, 2.75) is 6.92 Å². The van der Waals surface area contributed by atoms with E-state index in [4.69, 9.17) is 14.5 Å². The quantitative estimate of drug-likeness (QED) is 0.938. The number of aromatic nitrogens is 1. The molecule has 2 aromatic rings. The molecule has 6 heteroatoms. The first-order valence-electron chi connectivity index (χ1n) is 7.38. The Morgan fingerprint density at radius 2 is 1.95 bits per heavy atom. The zero-order valence-corrected chi connectivity index (χ0v) is 14.0. The average molecular weight is 319 g/mol. The minimum absolute atomic E-state index is 0.788. The second-order valence-corrected chi connectivity index (χ2v) is 6.39. The van der Waals surface area contributed by atoms with Crippen LogP contribution in [-0.4, -0.2) is 45.4 Å². The highest BCUT2D eigenvalue weighted by Gasteiger charge is 2.19. The zero-order valence-electron chi connectivity index (χ0n) is 13.2. The van der Waals surface area contributed by atoms with Crippen LogP contribution in [0.4, 0.5) is 5.13 Å². The lowest BCUT2D eigenvalue weighted by Crippen LogP contribution is -2.43. The number of ether oxygens (including phenoxy) is 2. The summed E-state index contributed by atoms with van der Waals surface area (Å²) in [7, 11) is 3.34. The number of nitrogens with zero attached hydrogens (tertiary/aromatic N) is 2. The van der Waals surface area contributed by atoms with Crippen LogP contribution in [-0.2, 0) is 0 Å². The second-order valence-electron chi connectivity index (χ2n) is 5.20. The lowest BCUT2D eigenvalue weighted by atomic mass is 10.1. The molecule has 0 radical (unpaired) electrons. The Labute approximate surface area is 134 Å².